The smallest absolute Gasteiger partial charge is 0.303 e. The number of halogens is 2. The molecule has 108 valence electrons. The van der Waals surface area contributed by atoms with E-state index in [1.165, 1.54) is 12.1 Å². The highest BCUT2D eigenvalue weighted by molar-refractivity contribution is 5.94. The van der Waals surface area contributed by atoms with E-state index in [2.05, 4.69) is 5.32 Å². The Morgan fingerprint density at radius 3 is 2.55 bits per heavy atom. The number of amides is 1. The van der Waals surface area contributed by atoms with Crippen molar-refractivity contribution in [1.82, 2.24) is 5.32 Å². The van der Waals surface area contributed by atoms with Gasteiger partial charge in [-0.3, -0.25) is 9.59 Å². The van der Waals surface area contributed by atoms with Crippen LogP contribution in [0.3, 0.4) is 0 Å². The number of carbonyl (C=O) groups excluding carboxylic acids is 1. The van der Waals surface area contributed by atoms with E-state index in [1.54, 1.807) is 0 Å². The van der Waals surface area contributed by atoms with Gasteiger partial charge in [0.25, 0.3) is 5.91 Å². The molecular weight excluding hydrogens is 268 g/mol. The zero-order valence-corrected chi connectivity index (χ0v) is 10.8. The monoisotopic (exact) mass is 283 g/mol. The Kier molecular flexibility index (Phi) is 4.01. The molecule has 1 aromatic rings. The second-order valence-corrected chi connectivity index (χ2v) is 5.21. The first-order chi connectivity index (χ1) is 9.43. The Labute approximate surface area is 114 Å². The Bertz CT molecular complexity index is 541. The van der Waals surface area contributed by atoms with Crippen molar-refractivity contribution in [3.8, 4) is 0 Å². The zero-order chi connectivity index (χ0) is 14.8. The van der Waals surface area contributed by atoms with Crippen molar-refractivity contribution in [2.24, 2.45) is 5.41 Å². The van der Waals surface area contributed by atoms with Gasteiger partial charge in [0.05, 0.1) is 12.0 Å². The quantitative estimate of drug-likeness (QED) is 0.871. The Morgan fingerprint density at radius 2 is 2.00 bits per heavy atom. The second-order valence-electron chi connectivity index (χ2n) is 5.21. The van der Waals surface area contributed by atoms with Crippen molar-refractivity contribution in [2.45, 2.75) is 25.7 Å². The second kappa shape index (κ2) is 5.56. The summed E-state index contributed by atoms with van der Waals surface area (Å²) in [4.78, 5) is 22.6. The number of carbonyl (C=O) groups is 2. The largest absolute Gasteiger partial charge is 0.481 e. The lowest BCUT2D eigenvalue weighted by Crippen LogP contribution is -2.43. The number of aliphatic carboxylic acids is 1. The van der Waals surface area contributed by atoms with Crippen LogP contribution < -0.4 is 5.32 Å². The van der Waals surface area contributed by atoms with Crippen molar-refractivity contribution < 1.29 is 23.5 Å². The molecule has 1 fully saturated rings. The van der Waals surface area contributed by atoms with E-state index in [9.17, 15) is 18.4 Å². The van der Waals surface area contributed by atoms with E-state index in [0.29, 0.717) is 12.8 Å². The summed E-state index contributed by atoms with van der Waals surface area (Å²) in [5.41, 5.74) is -0.819. The lowest BCUT2D eigenvalue weighted by Gasteiger charge is -2.40. The van der Waals surface area contributed by atoms with Gasteiger partial charge in [0.15, 0.2) is 11.6 Å². The summed E-state index contributed by atoms with van der Waals surface area (Å²) in [6.45, 7) is 0.161. The third-order valence-electron chi connectivity index (χ3n) is 3.76. The number of carboxylic acids is 1. The van der Waals surface area contributed by atoms with E-state index in [4.69, 9.17) is 5.11 Å². The van der Waals surface area contributed by atoms with Crippen LogP contribution in [0.2, 0.25) is 0 Å². The van der Waals surface area contributed by atoms with E-state index in [-0.39, 0.29) is 18.5 Å². The van der Waals surface area contributed by atoms with Gasteiger partial charge in [-0.2, -0.15) is 0 Å². The van der Waals surface area contributed by atoms with Crippen LogP contribution >= 0.6 is 0 Å². The molecule has 0 radical (unpaired) electrons. The fourth-order valence-electron chi connectivity index (χ4n) is 2.46. The van der Waals surface area contributed by atoms with Gasteiger partial charge in [0.2, 0.25) is 0 Å². The molecule has 1 aromatic carbocycles. The fourth-order valence-corrected chi connectivity index (χ4v) is 2.46. The average molecular weight is 283 g/mol. The van der Waals surface area contributed by atoms with Gasteiger partial charge in [-0.15, -0.1) is 0 Å². The van der Waals surface area contributed by atoms with Gasteiger partial charge in [0.1, 0.15) is 0 Å². The van der Waals surface area contributed by atoms with Gasteiger partial charge < -0.3 is 10.4 Å². The molecule has 0 aliphatic heterocycles. The standard InChI is InChI=1S/C14H15F2NO3/c15-10-4-1-3-9(12(10)16)13(20)17-8-14(5-2-6-14)7-11(18)19/h1,3-4H,2,5-8H2,(H,17,20)(H,18,19). The minimum Gasteiger partial charge on any atom is -0.481 e. The molecule has 6 heteroatoms. The maximum absolute atomic E-state index is 13.4. The predicted octanol–water partition coefficient (Wildman–Crippen LogP) is 2.34. The molecule has 0 unspecified atom stereocenters. The molecule has 2 rings (SSSR count). The molecular formula is C14H15F2NO3. The Balaban J connectivity index is 2.01. The zero-order valence-electron chi connectivity index (χ0n) is 10.8. The van der Waals surface area contributed by atoms with Gasteiger partial charge >= 0.3 is 5.97 Å². The van der Waals surface area contributed by atoms with E-state index >= 15 is 0 Å². The summed E-state index contributed by atoms with van der Waals surface area (Å²) in [5, 5.41) is 11.4. The minimum absolute atomic E-state index is 0.0289. The molecule has 0 aromatic heterocycles. The van der Waals surface area contributed by atoms with E-state index < -0.39 is 28.9 Å². The fraction of sp³-hybridized carbons (Fsp3) is 0.429. The first-order valence-electron chi connectivity index (χ1n) is 6.38. The molecule has 1 saturated carbocycles. The summed E-state index contributed by atoms with van der Waals surface area (Å²) in [6.07, 6.45) is 2.31. The molecule has 1 aliphatic carbocycles. The van der Waals surface area contributed by atoms with Crippen LogP contribution in [-0.2, 0) is 4.79 Å². The number of hydrogen-bond acceptors (Lipinski definition) is 2. The highest BCUT2D eigenvalue weighted by Gasteiger charge is 2.39. The molecule has 20 heavy (non-hydrogen) atoms. The van der Waals surface area contributed by atoms with E-state index in [0.717, 1.165) is 12.5 Å². The number of rotatable bonds is 5. The molecule has 0 bridgehead atoms. The van der Waals surface area contributed by atoms with Crippen molar-refractivity contribution in [3.05, 3.63) is 35.4 Å². The third-order valence-corrected chi connectivity index (χ3v) is 3.76. The van der Waals surface area contributed by atoms with Crippen molar-refractivity contribution >= 4 is 11.9 Å². The lowest BCUT2D eigenvalue weighted by molar-refractivity contribution is -0.141. The summed E-state index contributed by atoms with van der Waals surface area (Å²) in [6, 6.07) is 3.38. The SMILES string of the molecule is O=C(O)CC1(CNC(=O)c2cccc(F)c2F)CCC1. The number of benzene rings is 1. The van der Waals surface area contributed by atoms with Crippen molar-refractivity contribution in [3.63, 3.8) is 0 Å². The van der Waals surface area contributed by atoms with Gasteiger partial charge in [-0.1, -0.05) is 12.5 Å². The van der Waals surface area contributed by atoms with Gasteiger partial charge in [-0.25, -0.2) is 8.78 Å². The molecule has 1 amide bonds. The van der Waals surface area contributed by atoms with Crippen molar-refractivity contribution in [1.29, 1.82) is 0 Å². The normalized spacial score (nSPS) is 16.3. The topological polar surface area (TPSA) is 66.4 Å². The lowest BCUT2D eigenvalue weighted by atomic mass is 9.66. The predicted molar refractivity (Wildman–Crippen MR) is 67.2 cm³/mol. The van der Waals surface area contributed by atoms with E-state index in [1.807, 2.05) is 0 Å². The van der Waals surface area contributed by atoms with Crippen LogP contribution in [0.1, 0.15) is 36.0 Å². The first kappa shape index (κ1) is 14.4. The van der Waals surface area contributed by atoms with Crippen LogP contribution in [0.4, 0.5) is 8.78 Å². The summed E-state index contributed by atoms with van der Waals surface area (Å²) >= 11 is 0. The van der Waals surface area contributed by atoms with Crippen LogP contribution in [0.25, 0.3) is 0 Å². The highest BCUT2D eigenvalue weighted by atomic mass is 19.2. The molecule has 0 atom stereocenters. The van der Waals surface area contributed by atoms with Crippen LogP contribution in [0.15, 0.2) is 18.2 Å². The number of hydrogen-bond donors (Lipinski definition) is 2. The van der Waals surface area contributed by atoms with Gasteiger partial charge in [0, 0.05) is 6.54 Å². The summed E-state index contributed by atoms with van der Waals surface area (Å²) in [5.74, 6) is -3.91. The minimum atomic E-state index is -1.19. The van der Waals surface area contributed by atoms with Crippen molar-refractivity contribution in [2.75, 3.05) is 6.54 Å². The Hall–Kier alpha value is -1.98. The Morgan fingerprint density at radius 1 is 1.30 bits per heavy atom. The van der Waals surface area contributed by atoms with Crippen LogP contribution in [0.5, 0.6) is 0 Å². The average Bonchev–Trinajstić information content (AvgIpc) is 2.35. The molecule has 0 saturated heterocycles. The summed E-state index contributed by atoms with van der Waals surface area (Å²) in [7, 11) is 0. The molecule has 4 nitrogen and oxygen atoms in total. The molecule has 1 aliphatic rings. The van der Waals surface area contributed by atoms with Crippen LogP contribution in [0, 0.1) is 17.0 Å². The highest BCUT2D eigenvalue weighted by Crippen LogP contribution is 2.43. The number of nitrogens with one attached hydrogen (secondary N) is 1. The van der Waals surface area contributed by atoms with Gasteiger partial charge in [-0.05, 0) is 30.4 Å². The molecule has 0 spiro atoms. The first-order valence-corrected chi connectivity index (χ1v) is 6.38. The third kappa shape index (κ3) is 2.95. The molecule has 2 N–H and O–H groups in total. The summed E-state index contributed by atoms with van der Waals surface area (Å²) < 4.78 is 26.5. The number of carboxylic acid groups (broad SMARTS) is 1. The maximum atomic E-state index is 13.4. The van der Waals surface area contributed by atoms with Crippen LogP contribution in [-0.4, -0.2) is 23.5 Å². The maximum Gasteiger partial charge on any atom is 0.303 e. The molecule has 0 heterocycles.